The first kappa shape index (κ1) is 25.3. The number of methoxy groups -OCH3 is 2. The van der Waals surface area contributed by atoms with E-state index >= 15 is 0 Å². The number of rotatable bonds is 6. The minimum absolute atomic E-state index is 0.0154. The third kappa shape index (κ3) is 4.56. The maximum Gasteiger partial charge on any atom is 0.300 e. The van der Waals surface area contributed by atoms with Gasteiger partial charge in [0.1, 0.15) is 5.76 Å². The van der Waals surface area contributed by atoms with Gasteiger partial charge in [0.25, 0.3) is 11.7 Å². The molecule has 0 radical (unpaired) electrons. The van der Waals surface area contributed by atoms with Crippen LogP contribution in [-0.4, -0.2) is 74.1 Å². The summed E-state index contributed by atoms with van der Waals surface area (Å²) in [4.78, 5) is 37.1. The van der Waals surface area contributed by atoms with Gasteiger partial charge in [0, 0.05) is 55.5 Å². The number of hydrogen-bond acceptors (Lipinski definition) is 8. The number of ether oxygens (including phenoxy) is 2. The number of pyridine rings is 1. The molecule has 2 fully saturated rings. The maximum absolute atomic E-state index is 13.4. The minimum atomic E-state index is -0.855. The van der Waals surface area contributed by atoms with E-state index in [1.165, 1.54) is 19.1 Å². The van der Waals surface area contributed by atoms with Gasteiger partial charge in [0.2, 0.25) is 0 Å². The minimum Gasteiger partial charge on any atom is -0.507 e. The van der Waals surface area contributed by atoms with Crippen molar-refractivity contribution >= 4 is 28.8 Å². The first-order chi connectivity index (χ1) is 18.4. The molecule has 0 saturated carbocycles. The molecule has 1 aromatic heterocycles. The Morgan fingerprint density at radius 2 is 1.61 bits per heavy atom. The van der Waals surface area contributed by atoms with Gasteiger partial charge < -0.3 is 24.4 Å². The molecule has 2 aliphatic rings. The largest absolute Gasteiger partial charge is 0.507 e. The zero-order valence-corrected chi connectivity index (χ0v) is 21.6. The third-order valence-electron chi connectivity index (χ3n) is 7.10. The quantitative estimate of drug-likeness (QED) is 0.304. The van der Waals surface area contributed by atoms with Crippen LogP contribution in [0, 0.1) is 0 Å². The fourth-order valence-electron chi connectivity index (χ4n) is 4.98. The number of amides is 1. The highest BCUT2D eigenvalue weighted by atomic mass is 16.5. The molecule has 38 heavy (non-hydrogen) atoms. The van der Waals surface area contributed by atoms with E-state index in [-0.39, 0.29) is 11.3 Å². The van der Waals surface area contributed by atoms with Crippen molar-refractivity contribution in [1.82, 2.24) is 9.88 Å². The number of hydrogen-bond donors (Lipinski definition) is 1. The van der Waals surface area contributed by atoms with Gasteiger partial charge in [-0.15, -0.1) is 0 Å². The predicted molar refractivity (Wildman–Crippen MR) is 145 cm³/mol. The lowest BCUT2D eigenvalue weighted by molar-refractivity contribution is -0.132. The van der Waals surface area contributed by atoms with E-state index < -0.39 is 17.7 Å². The zero-order valence-electron chi connectivity index (χ0n) is 21.6. The van der Waals surface area contributed by atoms with Crippen molar-refractivity contribution in [3.05, 3.63) is 83.7 Å². The number of anilines is 2. The van der Waals surface area contributed by atoms with Gasteiger partial charge in [-0.05, 0) is 61.1 Å². The van der Waals surface area contributed by atoms with Crippen molar-refractivity contribution in [2.24, 2.45) is 0 Å². The SMILES string of the molecule is COc1ccc(/C(O)=C2/C(=O)C(=O)N(c3ccc(N4CCN(C)CC4)cc3)C2c2cccnc2)cc1OC. The molecule has 1 unspecified atom stereocenters. The van der Waals surface area contributed by atoms with Crippen LogP contribution in [0.25, 0.3) is 5.76 Å². The Bertz CT molecular complexity index is 1370. The van der Waals surface area contributed by atoms with Crippen LogP contribution >= 0.6 is 0 Å². The van der Waals surface area contributed by atoms with Gasteiger partial charge in [-0.3, -0.25) is 19.5 Å². The van der Waals surface area contributed by atoms with Crippen LogP contribution in [0.1, 0.15) is 17.2 Å². The number of carbonyl (C=O) groups excluding carboxylic acids is 2. The van der Waals surface area contributed by atoms with E-state index in [4.69, 9.17) is 9.47 Å². The second-order valence-corrected chi connectivity index (χ2v) is 9.33. The highest BCUT2D eigenvalue weighted by Gasteiger charge is 2.47. The molecule has 9 heteroatoms. The van der Waals surface area contributed by atoms with Crippen molar-refractivity contribution in [3.8, 4) is 11.5 Å². The number of likely N-dealkylation sites (N-methyl/N-ethyl adjacent to an activating group) is 1. The summed E-state index contributed by atoms with van der Waals surface area (Å²) in [6, 6.07) is 15.1. The second-order valence-electron chi connectivity index (χ2n) is 9.33. The molecular weight excluding hydrogens is 484 g/mol. The fraction of sp³-hybridized carbons (Fsp3) is 0.276. The molecule has 3 heterocycles. The van der Waals surface area contributed by atoms with Gasteiger partial charge in [-0.1, -0.05) is 6.07 Å². The van der Waals surface area contributed by atoms with E-state index in [0.29, 0.717) is 28.3 Å². The van der Waals surface area contributed by atoms with Crippen LogP contribution in [0.2, 0.25) is 0 Å². The lowest BCUT2D eigenvalue weighted by Crippen LogP contribution is -2.44. The van der Waals surface area contributed by atoms with Gasteiger partial charge in [0.05, 0.1) is 25.8 Å². The van der Waals surface area contributed by atoms with Crippen LogP contribution < -0.4 is 19.3 Å². The lowest BCUT2D eigenvalue weighted by Gasteiger charge is -2.34. The second kappa shape index (κ2) is 10.5. The molecule has 5 rings (SSSR count). The van der Waals surface area contributed by atoms with E-state index in [1.54, 1.807) is 42.7 Å². The molecular formula is C29H30N4O5. The van der Waals surface area contributed by atoms with Crippen molar-refractivity contribution in [2.75, 3.05) is 57.2 Å². The van der Waals surface area contributed by atoms with Crippen LogP contribution in [0.3, 0.4) is 0 Å². The Morgan fingerprint density at radius 3 is 2.24 bits per heavy atom. The highest BCUT2D eigenvalue weighted by molar-refractivity contribution is 6.51. The van der Waals surface area contributed by atoms with E-state index in [2.05, 4.69) is 21.8 Å². The number of carbonyl (C=O) groups is 2. The summed E-state index contributed by atoms with van der Waals surface area (Å²) in [5.74, 6) is -0.908. The Morgan fingerprint density at radius 1 is 0.921 bits per heavy atom. The standard InChI is InChI=1S/C29H30N4O5/c1-31-13-15-32(16-14-31)21-7-9-22(10-8-21)33-26(20-5-4-12-30-18-20)25(28(35)29(33)36)27(34)19-6-11-23(37-2)24(17-19)38-3/h4-12,17-18,26,34H,13-16H2,1-3H3/b27-25-. The molecule has 1 N–H and O–H groups in total. The van der Waals surface area contributed by atoms with Crippen molar-refractivity contribution < 1.29 is 24.2 Å². The molecule has 9 nitrogen and oxygen atoms in total. The molecule has 0 aliphatic carbocycles. The molecule has 0 spiro atoms. The summed E-state index contributed by atoms with van der Waals surface area (Å²) in [6.45, 7) is 3.80. The summed E-state index contributed by atoms with van der Waals surface area (Å²) in [6.07, 6.45) is 3.22. The molecule has 3 aromatic rings. The number of piperazine rings is 1. The van der Waals surface area contributed by atoms with Crippen LogP contribution in [0.5, 0.6) is 11.5 Å². The maximum atomic E-state index is 13.4. The molecule has 0 bridgehead atoms. The molecule has 2 saturated heterocycles. The number of Topliss-reactive ketones (excluding diaryl/α,β-unsaturated/α-hetero) is 1. The Hall–Kier alpha value is -4.37. The van der Waals surface area contributed by atoms with Gasteiger partial charge in [-0.2, -0.15) is 0 Å². The summed E-state index contributed by atoms with van der Waals surface area (Å²) in [5, 5.41) is 11.4. The Kier molecular flexibility index (Phi) is 7.02. The highest BCUT2D eigenvalue weighted by Crippen LogP contribution is 2.43. The van der Waals surface area contributed by atoms with Crippen molar-refractivity contribution in [1.29, 1.82) is 0 Å². The lowest BCUT2D eigenvalue weighted by atomic mass is 9.96. The van der Waals surface area contributed by atoms with Crippen molar-refractivity contribution in [2.45, 2.75) is 6.04 Å². The van der Waals surface area contributed by atoms with E-state index in [1.807, 2.05) is 24.3 Å². The summed E-state index contributed by atoms with van der Waals surface area (Å²) in [5.41, 5.74) is 2.54. The molecule has 196 valence electrons. The number of aliphatic hydroxyl groups is 1. The van der Waals surface area contributed by atoms with Crippen molar-refractivity contribution in [3.63, 3.8) is 0 Å². The molecule has 2 aromatic carbocycles. The summed E-state index contributed by atoms with van der Waals surface area (Å²) >= 11 is 0. The summed E-state index contributed by atoms with van der Waals surface area (Å²) in [7, 11) is 5.11. The number of benzene rings is 2. The molecule has 1 atom stereocenters. The third-order valence-corrected chi connectivity index (χ3v) is 7.10. The van der Waals surface area contributed by atoms with E-state index in [0.717, 1.165) is 31.9 Å². The fourth-order valence-corrected chi connectivity index (χ4v) is 4.98. The topological polar surface area (TPSA) is 95.4 Å². The average molecular weight is 515 g/mol. The number of nitrogens with zero attached hydrogens (tertiary/aromatic N) is 4. The molecule has 1 amide bonds. The predicted octanol–water partition coefficient (Wildman–Crippen LogP) is 3.48. The van der Waals surface area contributed by atoms with Gasteiger partial charge in [0.15, 0.2) is 11.5 Å². The number of ketones is 1. The monoisotopic (exact) mass is 514 g/mol. The smallest absolute Gasteiger partial charge is 0.300 e. The number of aromatic nitrogens is 1. The van der Waals surface area contributed by atoms with E-state index in [9.17, 15) is 14.7 Å². The average Bonchev–Trinajstić information content (AvgIpc) is 3.23. The van der Waals surface area contributed by atoms with Gasteiger partial charge >= 0.3 is 0 Å². The number of aliphatic hydroxyl groups excluding tert-OH is 1. The van der Waals surface area contributed by atoms with Crippen LogP contribution in [0.4, 0.5) is 11.4 Å². The summed E-state index contributed by atoms with van der Waals surface area (Å²) < 4.78 is 10.7. The van der Waals surface area contributed by atoms with Gasteiger partial charge in [-0.25, -0.2) is 0 Å². The molecule has 2 aliphatic heterocycles. The first-order valence-electron chi connectivity index (χ1n) is 12.4. The Balaban J connectivity index is 1.57. The first-order valence-corrected chi connectivity index (χ1v) is 12.4. The Labute approximate surface area is 221 Å². The van der Waals surface area contributed by atoms with Crippen LogP contribution in [-0.2, 0) is 9.59 Å². The zero-order chi connectivity index (χ0) is 26.8. The normalized spacial score (nSPS) is 19.6. The van der Waals surface area contributed by atoms with Crippen LogP contribution in [0.15, 0.2) is 72.6 Å².